The SMILES string of the molecule is CCNC(c1cnn(CC)c1)c1cc(Cl)ccc1F. The molecule has 1 N–H and O–H groups in total. The minimum absolute atomic E-state index is 0.232. The topological polar surface area (TPSA) is 29.9 Å². The lowest BCUT2D eigenvalue weighted by Gasteiger charge is -2.17. The standard InChI is InChI=1S/C14H17ClFN3/c1-3-17-14(10-8-18-19(4-2)9-10)12-7-11(15)5-6-13(12)16/h5-9,14,17H,3-4H2,1-2H3. The van der Waals surface area contributed by atoms with Crippen LogP contribution >= 0.6 is 11.6 Å². The van der Waals surface area contributed by atoms with E-state index in [1.165, 1.54) is 6.07 Å². The first kappa shape index (κ1) is 14.0. The van der Waals surface area contributed by atoms with Gasteiger partial charge >= 0.3 is 0 Å². The van der Waals surface area contributed by atoms with Crippen molar-refractivity contribution in [3.05, 3.63) is 52.6 Å². The number of nitrogens with zero attached hydrogens (tertiary/aromatic N) is 2. The highest BCUT2D eigenvalue weighted by Crippen LogP contribution is 2.26. The molecule has 0 saturated heterocycles. The van der Waals surface area contributed by atoms with Gasteiger partial charge in [-0.1, -0.05) is 18.5 Å². The predicted octanol–water partition coefficient (Wildman–Crippen LogP) is 3.39. The monoisotopic (exact) mass is 281 g/mol. The summed E-state index contributed by atoms with van der Waals surface area (Å²) in [6.07, 6.45) is 3.69. The molecule has 0 saturated carbocycles. The molecule has 102 valence electrons. The molecule has 2 rings (SSSR count). The Morgan fingerprint density at radius 1 is 1.42 bits per heavy atom. The van der Waals surface area contributed by atoms with Crippen LogP contribution < -0.4 is 5.32 Å². The van der Waals surface area contributed by atoms with Crippen molar-refractivity contribution in [1.82, 2.24) is 15.1 Å². The predicted molar refractivity (Wildman–Crippen MR) is 74.8 cm³/mol. The zero-order valence-electron chi connectivity index (χ0n) is 11.0. The highest BCUT2D eigenvalue weighted by atomic mass is 35.5. The number of rotatable bonds is 5. The summed E-state index contributed by atoms with van der Waals surface area (Å²) in [4.78, 5) is 0. The molecule has 1 heterocycles. The Kier molecular flexibility index (Phi) is 4.56. The fourth-order valence-corrected chi connectivity index (χ4v) is 2.23. The van der Waals surface area contributed by atoms with Crippen LogP contribution in [0.3, 0.4) is 0 Å². The molecule has 5 heteroatoms. The summed E-state index contributed by atoms with van der Waals surface area (Å²) >= 11 is 5.97. The lowest BCUT2D eigenvalue weighted by molar-refractivity contribution is 0.558. The summed E-state index contributed by atoms with van der Waals surface area (Å²) in [5, 5.41) is 8.04. The highest BCUT2D eigenvalue weighted by molar-refractivity contribution is 6.30. The number of aryl methyl sites for hydroxylation is 1. The van der Waals surface area contributed by atoms with Gasteiger partial charge in [0.25, 0.3) is 0 Å². The minimum atomic E-state index is -0.264. The van der Waals surface area contributed by atoms with Crippen LogP contribution in [0, 0.1) is 5.82 Å². The van der Waals surface area contributed by atoms with E-state index in [1.54, 1.807) is 18.3 Å². The summed E-state index contributed by atoms with van der Waals surface area (Å²) < 4.78 is 15.8. The Bertz CT molecular complexity index is 553. The van der Waals surface area contributed by atoms with Gasteiger partial charge in [0, 0.05) is 28.9 Å². The smallest absolute Gasteiger partial charge is 0.128 e. The number of benzene rings is 1. The largest absolute Gasteiger partial charge is 0.306 e. The van der Waals surface area contributed by atoms with Crippen LogP contribution in [0.1, 0.15) is 31.0 Å². The molecule has 1 aromatic carbocycles. The molecule has 1 aromatic heterocycles. The Labute approximate surface area is 117 Å². The van der Waals surface area contributed by atoms with Gasteiger partial charge in [-0.15, -0.1) is 0 Å². The molecule has 0 amide bonds. The number of nitrogens with one attached hydrogen (secondary N) is 1. The zero-order chi connectivity index (χ0) is 13.8. The van der Waals surface area contributed by atoms with Gasteiger partial charge in [0.2, 0.25) is 0 Å². The molecule has 1 atom stereocenters. The molecule has 0 radical (unpaired) electrons. The first-order valence-electron chi connectivity index (χ1n) is 6.36. The van der Waals surface area contributed by atoms with Gasteiger partial charge in [0.15, 0.2) is 0 Å². The molecule has 0 aliphatic rings. The number of hydrogen-bond acceptors (Lipinski definition) is 2. The molecule has 3 nitrogen and oxygen atoms in total. The first-order chi connectivity index (χ1) is 9.15. The maximum Gasteiger partial charge on any atom is 0.128 e. The molecular formula is C14H17ClFN3. The van der Waals surface area contributed by atoms with Gasteiger partial charge < -0.3 is 5.32 Å². The Morgan fingerprint density at radius 2 is 2.21 bits per heavy atom. The normalized spacial score (nSPS) is 12.6. The van der Waals surface area contributed by atoms with Crippen LogP contribution in [0.4, 0.5) is 4.39 Å². The minimum Gasteiger partial charge on any atom is -0.306 e. The number of aromatic nitrogens is 2. The van der Waals surface area contributed by atoms with Crippen molar-refractivity contribution in [3.63, 3.8) is 0 Å². The molecule has 19 heavy (non-hydrogen) atoms. The van der Waals surface area contributed by atoms with E-state index in [2.05, 4.69) is 10.4 Å². The van der Waals surface area contributed by atoms with Gasteiger partial charge in [0.1, 0.15) is 5.82 Å². The van der Waals surface area contributed by atoms with Crippen molar-refractivity contribution in [1.29, 1.82) is 0 Å². The van der Waals surface area contributed by atoms with Crippen LogP contribution in [0.2, 0.25) is 5.02 Å². The maximum atomic E-state index is 14.0. The van der Waals surface area contributed by atoms with Crippen LogP contribution in [0.5, 0.6) is 0 Å². The second-order valence-electron chi connectivity index (χ2n) is 4.29. The average molecular weight is 282 g/mol. The van der Waals surface area contributed by atoms with Crippen molar-refractivity contribution in [2.24, 2.45) is 0 Å². The third kappa shape index (κ3) is 3.14. The van der Waals surface area contributed by atoms with Gasteiger partial charge in [-0.05, 0) is 31.7 Å². The van der Waals surface area contributed by atoms with Crippen LogP contribution in [0.25, 0.3) is 0 Å². The van der Waals surface area contributed by atoms with Gasteiger partial charge in [-0.2, -0.15) is 5.10 Å². The maximum absolute atomic E-state index is 14.0. The molecule has 0 bridgehead atoms. The van der Waals surface area contributed by atoms with Crippen LogP contribution in [-0.2, 0) is 6.54 Å². The third-order valence-electron chi connectivity index (χ3n) is 2.99. The van der Waals surface area contributed by atoms with E-state index in [0.29, 0.717) is 10.6 Å². The van der Waals surface area contributed by atoms with Gasteiger partial charge in [-0.3, -0.25) is 4.68 Å². The number of halogens is 2. The molecule has 0 aliphatic carbocycles. The summed E-state index contributed by atoms with van der Waals surface area (Å²) in [7, 11) is 0. The van der Waals surface area contributed by atoms with E-state index >= 15 is 0 Å². The van der Waals surface area contributed by atoms with Crippen molar-refractivity contribution >= 4 is 11.6 Å². The van der Waals surface area contributed by atoms with E-state index in [-0.39, 0.29) is 11.9 Å². The number of hydrogen-bond donors (Lipinski definition) is 1. The van der Waals surface area contributed by atoms with E-state index in [1.807, 2.05) is 24.7 Å². The van der Waals surface area contributed by atoms with Crippen molar-refractivity contribution in [3.8, 4) is 0 Å². The van der Waals surface area contributed by atoms with E-state index in [0.717, 1.165) is 18.7 Å². The third-order valence-corrected chi connectivity index (χ3v) is 3.22. The van der Waals surface area contributed by atoms with Gasteiger partial charge in [-0.25, -0.2) is 4.39 Å². The quantitative estimate of drug-likeness (QED) is 0.910. The molecule has 2 aromatic rings. The van der Waals surface area contributed by atoms with E-state index < -0.39 is 0 Å². The van der Waals surface area contributed by atoms with Crippen molar-refractivity contribution in [2.75, 3.05) is 6.54 Å². The second-order valence-corrected chi connectivity index (χ2v) is 4.72. The first-order valence-corrected chi connectivity index (χ1v) is 6.74. The van der Waals surface area contributed by atoms with Gasteiger partial charge in [0.05, 0.1) is 12.2 Å². The van der Waals surface area contributed by atoms with Crippen molar-refractivity contribution < 1.29 is 4.39 Å². The Balaban J connectivity index is 2.41. The fraction of sp³-hybridized carbons (Fsp3) is 0.357. The summed E-state index contributed by atoms with van der Waals surface area (Å²) in [5.74, 6) is -0.264. The van der Waals surface area contributed by atoms with Crippen LogP contribution in [-0.4, -0.2) is 16.3 Å². The average Bonchev–Trinajstić information content (AvgIpc) is 2.88. The molecule has 0 fully saturated rings. The summed E-state index contributed by atoms with van der Waals surface area (Å²) in [6.45, 7) is 5.52. The highest BCUT2D eigenvalue weighted by Gasteiger charge is 2.19. The summed E-state index contributed by atoms with van der Waals surface area (Å²) in [6, 6.07) is 4.38. The van der Waals surface area contributed by atoms with E-state index in [9.17, 15) is 4.39 Å². The fourth-order valence-electron chi connectivity index (χ4n) is 2.05. The lowest BCUT2D eigenvalue weighted by atomic mass is 10.0. The van der Waals surface area contributed by atoms with Crippen molar-refractivity contribution in [2.45, 2.75) is 26.4 Å². The molecule has 0 aliphatic heterocycles. The Morgan fingerprint density at radius 3 is 2.84 bits per heavy atom. The van der Waals surface area contributed by atoms with Crippen LogP contribution in [0.15, 0.2) is 30.6 Å². The second kappa shape index (κ2) is 6.17. The summed E-state index contributed by atoms with van der Waals surface area (Å²) in [5.41, 5.74) is 1.48. The molecule has 1 unspecified atom stereocenters. The lowest BCUT2D eigenvalue weighted by Crippen LogP contribution is -2.22. The molecule has 0 spiro atoms. The Hall–Kier alpha value is -1.39. The zero-order valence-corrected chi connectivity index (χ0v) is 11.8. The molecular weight excluding hydrogens is 265 g/mol. The van der Waals surface area contributed by atoms with E-state index in [4.69, 9.17) is 11.6 Å².